The molecule has 31 heavy (non-hydrogen) atoms. The quantitative estimate of drug-likeness (QED) is 0.506. The molecule has 2 rings (SSSR count). The molecule has 2 N–H and O–H groups in total. The fraction of sp³-hybridized carbons (Fsp3) is 0.412. The van der Waals surface area contributed by atoms with Gasteiger partial charge in [0.1, 0.15) is 4.90 Å². The van der Waals surface area contributed by atoms with Crippen LogP contribution >= 0.6 is 23.2 Å². The van der Waals surface area contributed by atoms with Gasteiger partial charge in [-0.1, -0.05) is 30.1 Å². The molecule has 1 aromatic carbocycles. The minimum absolute atomic E-state index is 0.0203. The molecule has 172 valence electrons. The van der Waals surface area contributed by atoms with Crippen LogP contribution in [0, 0.1) is 0 Å². The lowest BCUT2D eigenvalue weighted by Crippen LogP contribution is -2.17. The molecular formula is C17H18Cl2F3N3O4S2. The van der Waals surface area contributed by atoms with Crippen molar-refractivity contribution in [3.8, 4) is 11.3 Å². The third-order valence-electron chi connectivity index (χ3n) is 4.28. The van der Waals surface area contributed by atoms with E-state index in [9.17, 15) is 30.6 Å². The van der Waals surface area contributed by atoms with Gasteiger partial charge in [0.05, 0.1) is 37.9 Å². The zero-order valence-electron chi connectivity index (χ0n) is 16.5. The number of aromatic amines is 1. The van der Waals surface area contributed by atoms with Gasteiger partial charge in [0, 0.05) is 29.7 Å². The van der Waals surface area contributed by atoms with Crippen LogP contribution in [-0.4, -0.2) is 52.9 Å². The van der Waals surface area contributed by atoms with Gasteiger partial charge in [-0.15, -0.1) is 0 Å². The number of H-pyrrole nitrogens is 1. The van der Waals surface area contributed by atoms with Gasteiger partial charge in [-0.05, 0) is 13.0 Å². The lowest BCUT2D eigenvalue weighted by Gasteiger charge is -2.17. The average Bonchev–Trinajstić information content (AvgIpc) is 3.03. The Balaban J connectivity index is 2.64. The van der Waals surface area contributed by atoms with Crippen LogP contribution in [0.2, 0.25) is 10.0 Å². The molecule has 0 radical (unpaired) electrons. The zero-order valence-corrected chi connectivity index (χ0v) is 19.6. The maximum atomic E-state index is 13.4. The molecule has 1 unspecified atom stereocenters. The zero-order chi connectivity index (χ0) is 23.7. The number of Topliss-reactive ketones (excluding diaryl/α,β-unsaturated/α-hetero) is 1. The van der Waals surface area contributed by atoms with Crippen molar-refractivity contribution in [2.75, 3.05) is 29.6 Å². The molecule has 7 nitrogen and oxygen atoms in total. The molecule has 1 atom stereocenters. The summed E-state index contributed by atoms with van der Waals surface area (Å²) in [4.78, 5) is 12.0. The van der Waals surface area contributed by atoms with Crippen molar-refractivity contribution in [2.45, 2.75) is 24.9 Å². The summed E-state index contributed by atoms with van der Waals surface area (Å²) in [5.41, 5.74) is -2.29. The SMILES string of the molecule is CCS(=O)(=O)CCNc1n[nH]c(-c2c(Cl)cc(C(F)(F)F)c(C(C)=O)c2Cl)c1S(C)=O. The van der Waals surface area contributed by atoms with Crippen LogP contribution in [0.1, 0.15) is 29.8 Å². The van der Waals surface area contributed by atoms with Gasteiger partial charge in [0.2, 0.25) is 0 Å². The second-order valence-electron chi connectivity index (χ2n) is 6.42. The summed E-state index contributed by atoms with van der Waals surface area (Å²) >= 11 is 12.3. The molecule has 14 heteroatoms. The van der Waals surface area contributed by atoms with Gasteiger partial charge >= 0.3 is 6.18 Å². The van der Waals surface area contributed by atoms with E-state index in [4.69, 9.17) is 23.2 Å². The third kappa shape index (κ3) is 5.60. The molecule has 0 aliphatic rings. The average molecular weight is 520 g/mol. The number of hydrogen-bond acceptors (Lipinski definition) is 6. The molecule has 1 heterocycles. The molecule has 0 amide bonds. The van der Waals surface area contributed by atoms with Crippen molar-refractivity contribution < 1.29 is 30.6 Å². The standard InChI is InChI=1S/C17H18Cl2F3N3O4S2/c1-4-31(28,29)6-5-23-16-15(30(3)27)14(24-25-16)12-10(18)7-9(17(20,21)22)11(8(2)26)13(12)19/h7H,4-6H2,1-3H3,(H2,23,24,25). The monoisotopic (exact) mass is 519 g/mol. The first-order valence-corrected chi connectivity index (χ1v) is 12.8. The van der Waals surface area contributed by atoms with Crippen molar-refractivity contribution in [2.24, 2.45) is 0 Å². The Kier molecular flexibility index (Phi) is 7.83. The number of alkyl halides is 3. The van der Waals surface area contributed by atoms with E-state index in [1.807, 2.05) is 0 Å². The second kappa shape index (κ2) is 9.47. The maximum absolute atomic E-state index is 13.4. The molecule has 0 saturated heterocycles. The number of benzene rings is 1. The number of nitrogens with one attached hydrogen (secondary N) is 2. The number of carbonyl (C=O) groups excluding carboxylic acids is 1. The van der Waals surface area contributed by atoms with Crippen LogP contribution in [0.3, 0.4) is 0 Å². The Labute approximate surface area is 189 Å². The summed E-state index contributed by atoms with van der Waals surface area (Å²) in [6.07, 6.45) is -3.59. The number of rotatable bonds is 8. The smallest absolute Gasteiger partial charge is 0.367 e. The number of sulfone groups is 1. The van der Waals surface area contributed by atoms with Crippen LogP contribution in [-0.2, 0) is 26.8 Å². The minimum Gasteiger partial charge on any atom is -0.367 e. The maximum Gasteiger partial charge on any atom is 0.417 e. The Morgan fingerprint density at radius 3 is 2.42 bits per heavy atom. The first-order chi connectivity index (χ1) is 14.2. The van der Waals surface area contributed by atoms with Gasteiger partial charge in [-0.25, -0.2) is 8.42 Å². The van der Waals surface area contributed by atoms with Crippen LogP contribution in [0.25, 0.3) is 11.3 Å². The van der Waals surface area contributed by atoms with Crippen LogP contribution in [0.5, 0.6) is 0 Å². The molecular weight excluding hydrogens is 502 g/mol. The normalized spacial score (nSPS) is 13.3. The van der Waals surface area contributed by atoms with Gasteiger partial charge in [-0.2, -0.15) is 18.3 Å². The van der Waals surface area contributed by atoms with Crippen molar-refractivity contribution in [3.63, 3.8) is 0 Å². The minimum atomic E-state index is -4.88. The molecule has 0 saturated carbocycles. The van der Waals surface area contributed by atoms with E-state index in [1.54, 1.807) is 0 Å². The number of aromatic nitrogens is 2. The van der Waals surface area contributed by atoms with E-state index in [2.05, 4.69) is 15.5 Å². The summed E-state index contributed by atoms with van der Waals surface area (Å²) in [6, 6.07) is 0.573. The fourth-order valence-corrected chi connectivity index (χ4v) is 5.09. The number of carbonyl (C=O) groups is 1. The summed E-state index contributed by atoms with van der Waals surface area (Å²) in [7, 11) is -5.01. The summed E-state index contributed by atoms with van der Waals surface area (Å²) in [5.74, 6) is -1.18. The summed E-state index contributed by atoms with van der Waals surface area (Å²) < 4.78 is 75.8. The second-order valence-corrected chi connectivity index (χ2v) is 11.0. The number of halogens is 5. The Morgan fingerprint density at radius 2 is 1.94 bits per heavy atom. The van der Waals surface area contributed by atoms with Crippen molar-refractivity contribution in [3.05, 3.63) is 27.2 Å². The van der Waals surface area contributed by atoms with Crippen LogP contribution < -0.4 is 5.32 Å². The summed E-state index contributed by atoms with van der Waals surface area (Å²) in [6.45, 7) is 2.38. The molecule has 0 bridgehead atoms. The highest BCUT2D eigenvalue weighted by molar-refractivity contribution is 7.91. The largest absolute Gasteiger partial charge is 0.417 e. The molecule has 0 spiro atoms. The van der Waals surface area contributed by atoms with E-state index in [0.29, 0.717) is 6.07 Å². The Bertz CT molecular complexity index is 1150. The van der Waals surface area contributed by atoms with Crippen LogP contribution in [0.4, 0.5) is 19.0 Å². The molecule has 1 aromatic heterocycles. The van der Waals surface area contributed by atoms with E-state index in [0.717, 1.165) is 6.92 Å². The van der Waals surface area contributed by atoms with Crippen LogP contribution in [0.15, 0.2) is 11.0 Å². The third-order valence-corrected chi connectivity index (χ3v) is 7.63. The van der Waals surface area contributed by atoms with E-state index in [1.165, 1.54) is 13.2 Å². The van der Waals surface area contributed by atoms with E-state index >= 15 is 0 Å². The number of hydrogen-bond donors (Lipinski definition) is 2. The highest BCUT2D eigenvalue weighted by Gasteiger charge is 2.38. The number of ketones is 1. The van der Waals surface area contributed by atoms with E-state index in [-0.39, 0.29) is 40.0 Å². The predicted molar refractivity (Wildman–Crippen MR) is 114 cm³/mol. The Morgan fingerprint density at radius 1 is 1.32 bits per heavy atom. The first-order valence-electron chi connectivity index (χ1n) is 8.67. The van der Waals surface area contributed by atoms with Gasteiger partial charge in [0.15, 0.2) is 21.4 Å². The highest BCUT2D eigenvalue weighted by Crippen LogP contribution is 2.45. The topological polar surface area (TPSA) is 109 Å². The van der Waals surface area contributed by atoms with Gasteiger partial charge in [-0.3, -0.25) is 14.1 Å². The Hall–Kier alpha value is -1.63. The molecule has 0 aliphatic carbocycles. The predicted octanol–water partition coefficient (Wildman–Crippen LogP) is 4.19. The van der Waals surface area contributed by atoms with Crippen molar-refractivity contribution >= 4 is 55.4 Å². The lowest BCUT2D eigenvalue weighted by molar-refractivity contribution is -0.137. The first kappa shape index (κ1) is 25.6. The molecule has 2 aromatic rings. The van der Waals surface area contributed by atoms with Crippen molar-refractivity contribution in [1.82, 2.24) is 10.2 Å². The number of anilines is 1. The van der Waals surface area contributed by atoms with Gasteiger partial charge < -0.3 is 5.32 Å². The highest BCUT2D eigenvalue weighted by atomic mass is 35.5. The lowest BCUT2D eigenvalue weighted by atomic mass is 9.98. The van der Waals surface area contributed by atoms with Crippen molar-refractivity contribution in [1.29, 1.82) is 0 Å². The number of nitrogens with zero attached hydrogens (tertiary/aromatic N) is 1. The fourth-order valence-electron chi connectivity index (χ4n) is 2.79. The molecule has 0 fully saturated rings. The summed E-state index contributed by atoms with van der Waals surface area (Å²) in [5, 5.41) is 8.20. The van der Waals surface area contributed by atoms with E-state index < -0.39 is 53.8 Å². The van der Waals surface area contributed by atoms with Gasteiger partial charge in [0.25, 0.3) is 0 Å². The molecule has 0 aliphatic heterocycles.